The first-order valence-corrected chi connectivity index (χ1v) is 6.53. The van der Waals surface area contributed by atoms with Crippen LogP contribution in [0.2, 0.25) is 0 Å². The maximum absolute atomic E-state index is 11.8. The van der Waals surface area contributed by atoms with Crippen molar-refractivity contribution in [2.75, 3.05) is 0 Å². The highest BCUT2D eigenvalue weighted by Crippen LogP contribution is 2.56. The third-order valence-electron chi connectivity index (χ3n) is 4.95. The lowest BCUT2D eigenvalue weighted by molar-refractivity contribution is -0.143. The van der Waals surface area contributed by atoms with Gasteiger partial charge in [-0.05, 0) is 30.1 Å². The fourth-order valence-corrected chi connectivity index (χ4v) is 4.04. The molecule has 0 spiro atoms. The van der Waals surface area contributed by atoms with Crippen LogP contribution >= 0.6 is 0 Å². The monoisotopic (exact) mass is 235 g/mol. The maximum Gasteiger partial charge on any atom is 0.310 e. The van der Waals surface area contributed by atoms with Crippen LogP contribution in [0, 0.1) is 40.4 Å². The average Bonchev–Trinajstić information content (AvgIpc) is 2.54. The van der Waals surface area contributed by atoms with Crippen LogP contribution in [0.15, 0.2) is 0 Å². The van der Waals surface area contributed by atoms with Gasteiger partial charge in [-0.15, -0.1) is 0 Å². The third kappa shape index (κ3) is 1.57. The van der Waals surface area contributed by atoms with Crippen LogP contribution in [0.1, 0.15) is 40.5 Å². The molecule has 2 bridgehead atoms. The lowest BCUT2D eigenvalue weighted by Gasteiger charge is -2.48. The molecule has 0 aromatic carbocycles. The molecule has 1 aliphatic carbocycles. The second kappa shape index (κ2) is 4.01. The number of nitrogens with zero attached hydrogens (tertiary/aromatic N) is 1. The zero-order chi connectivity index (χ0) is 12.8. The molecule has 2 fully saturated rings. The molecule has 2 rings (SSSR count). The Labute approximate surface area is 103 Å². The van der Waals surface area contributed by atoms with Gasteiger partial charge in [-0.3, -0.25) is 4.79 Å². The van der Waals surface area contributed by atoms with E-state index in [9.17, 15) is 10.1 Å². The standard InChI is InChI=1S/C14H21NO2/c1-8(2)14(9(3)4)6-10-5-11(12(14)7-15)13(16)17-10/h8-12H,5-6H2,1-4H3. The molecule has 3 heteroatoms. The predicted molar refractivity (Wildman–Crippen MR) is 63.8 cm³/mol. The first kappa shape index (κ1) is 12.4. The molecule has 3 unspecified atom stereocenters. The summed E-state index contributed by atoms with van der Waals surface area (Å²) in [4.78, 5) is 11.8. The summed E-state index contributed by atoms with van der Waals surface area (Å²) in [7, 11) is 0. The largest absolute Gasteiger partial charge is 0.462 e. The summed E-state index contributed by atoms with van der Waals surface area (Å²) in [6, 6.07) is 2.41. The number of ether oxygens (including phenoxy) is 1. The molecule has 3 nitrogen and oxygen atoms in total. The predicted octanol–water partition coefficient (Wildman–Crippen LogP) is 2.76. The summed E-state index contributed by atoms with van der Waals surface area (Å²) < 4.78 is 5.38. The summed E-state index contributed by atoms with van der Waals surface area (Å²) in [6.07, 6.45) is 1.64. The van der Waals surface area contributed by atoms with Gasteiger partial charge >= 0.3 is 5.97 Å². The molecule has 2 aliphatic rings. The molecule has 0 N–H and O–H groups in total. The molecule has 0 amide bonds. The van der Waals surface area contributed by atoms with Crippen LogP contribution in [0.4, 0.5) is 0 Å². The minimum atomic E-state index is -0.191. The van der Waals surface area contributed by atoms with Gasteiger partial charge in [0.1, 0.15) is 6.10 Å². The number of hydrogen-bond donors (Lipinski definition) is 0. The zero-order valence-corrected chi connectivity index (χ0v) is 11.1. The Hall–Kier alpha value is -1.04. The maximum atomic E-state index is 11.8. The Morgan fingerprint density at radius 1 is 1.35 bits per heavy atom. The fourth-order valence-electron chi connectivity index (χ4n) is 4.04. The molecular formula is C14H21NO2. The number of rotatable bonds is 2. The minimum Gasteiger partial charge on any atom is -0.462 e. The van der Waals surface area contributed by atoms with E-state index in [1.807, 2.05) is 0 Å². The van der Waals surface area contributed by atoms with Crippen molar-refractivity contribution in [1.82, 2.24) is 0 Å². The molecule has 1 aliphatic heterocycles. The minimum absolute atomic E-state index is 0.0434. The number of carbonyl (C=O) groups excluding carboxylic acids is 1. The number of carbonyl (C=O) groups is 1. The molecule has 1 saturated carbocycles. The van der Waals surface area contributed by atoms with Crippen LogP contribution in [0.5, 0.6) is 0 Å². The molecule has 94 valence electrons. The summed E-state index contributed by atoms with van der Waals surface area (Å²) >= 11 is 0. The highest BCUT2D eigenvalue weighted by Gasteiger charge is 2.58. The van der Waals surface area contributed by atoms with Gasteiger partial charge in [0.2, 0.25) is 0 Å². The van der Waals surface area contributed by atoms with E-state index in [0.29, 0.717) is 11.8 Å². The molecule has 3 atom stereocenters. The van der Waals surface area contributed by atoms with E-state index in [2.05, 4.69) is 33.8 Å². The van der Waals surface area contributed by atoms with Crippen molar-refractivity contribution < 1.29 is 9.53 Å². The molecular weight excluding hydrogens is 214 g/mol. The Balaban J connectivity index is 2.46. The number of hydrogen-bond acceptors (Lipinski definition) is 3. The van der Waals surface area contributed by atoms with E-state index in [-0.39, 0.29) is 29.3 Å². The van der Waals surface area contributed by atoms with Crippen molar-refractivity contribution in [3.8, 4) is 6.07 Å². The highest BCUT2D eigenvalue weighted by atomic mass is 16.6. The molecule has 1 heterocycles. The Kier molecular flexibility index (Phi) is 2.93. The Bertz CT molecular complexity index is 359. The van der Waals surface area contributed by atoms with Crippen molar-refractivity contribution in [2.24, 2.45) is 29.1 Å². The van der Waals surface area contributed by atoms with Crippen LogP contribution in [0.3, 0.4) is 0 Å². The van der Waals surface area contributed by atoms with Gasteiger partial charge in [-0.1, -0.05) is 27.7 Å². The van der Waals surface area contributed by atoms with Gasteiger partial charge in [0, 0.05) is 0 Å². The van der Waals surface area contributed by atoms with E-state index in [1.165, 1.54) is 0 Å². The number of fused-ring (bicyclic) bond motifs is 2. The van der Waals surface area contributed by atoms with Crippen molar-refractivity contribution in [2.45, 2.75) is 46.6 Å². The molecule has 0 radical (unpaired) electrons. The van der Waals surface area contributed by atoms with Gasteiger partial charge in [-0.2, -0.15) is 5.26 Å². The van der Waals surface area contributed by atoms with E-state index >= 15 is 0 Å². The second-order valence-electron chi connectivity index (χ2n) is 6.13. The number of esters is 1. The zero-order valence-electron chi connectivity index (χ0n) is 11.1. The SMILES string of the molecule is CC(C)C1(C(C)C)CC2CC(C(=O)O2)C1C#N. The smallest absolute Gasteiger partial charge is 0.310 e. The topological polar surface area (TPSA) is 50.1 Å². The highest BCUT2D eigenvalue weighted by molar-refractivity contribution is 5.76. The van der Waals surface area contributed by atoms with E-state index in [1.54, 1.807) is 0 Å². The summed E-state index contributed by atoms with van der Waals surface area (Å²) in [5.74, 6) is 0.265. The van der Waals surface area contributed by atoms with Crippen LogP contribution in [-0.2, 0) is 9.53 Å². The van der Waals surface area contributed by atoms with Gasteiger partial charge < -0.3 is 4.74 Å². The van der Waals surface area contributed by atoms with Crippen LogP contribution in [-0.4, -0.2) is 12.1 Å². The number of nitriles is 1. The summed E-state index contributed by atoms with van der Waals surface area (Å²) in [5, 5.41) is 9.50. The summed E-state index contributed by atoms with van der Waals surface area (Å²) in [6.45, 7) is 8.66. The van der Waals surface area contributed by atoms with Crippen LogP contribution in [0.25, 0.3) is 0 Å². The Morgan fingerprint density at radius 2 is 1.94 bits per heavy atom. The van der Waals surface area contributed by atoms with Crippen molar-refractivity contribution in [3.05, 3.63) is 0 Å². The van der Waals surface area contributed by atoms with E-state index in [0.717, 1.165) is 12.8 Å². The first-order valence-electron chi connectivity index (χ1n) is 6.53. The van der Waals surface area contributed by atoms with Crippen molar-refractivity contribution >= 4 is 5.97 Å². The lowest BCUT2D eigenvalue weighted by atomic mass is 9.53. The van der Waals surface area contributed by atoms with Crippen LogP contribution < -0.4 is 0 Å². The Morgan fingerprint density at radius 3 is 2.41 bits per heavy atom. The third-order valence-corrected chi connectivity index (χ3v) is 4.95. The fraction of sp³-hybridized carbons (Fsp3) is 0.857. The lowest BCUT2D eigenvalue weighted by Crippen LogP contribution is -2.48. The normalized spacial score (nSPS) is 34.9. The first-order chi connectivity index (χ1) is 7.93. The second-order valence-corrected chi connectivity index (χ2v) is 6.13. The van der Waals surface area contributed by atoms with E-state index < -0.39 is 0 Å². The van der Waals surface area contributed by atoms with Gasteiger partial charge in [0.15, 0.2) is 0 Å². The van der Waals surface area contributed by atoms with Gasteiger partial charge in [0.05, 0.1) is 17.9 Å². The molecule has 0 aromatic heterocycles. The molecule has 1 saturated heterocycles. The summed E-state index contributed by atoms with van der Waals surface area (Å²) in [5.41, 5.74) is -0.0749. The quantitative estimate of drug-likeness (QED) is 0.691. The van der Waals surface area contributed by atoms with Crippen molar-refractivity contribution in [3.63, 3.8) is 0 Å². The van der Waals surface area contributed by atoms with Crippen molar-refractivity contribution in [1.29, 1.82) is 5.26 Å². The average molecular weight is 235 g/mol. The van der Waals surface area contributed by atoms with Gasteiger partial charge in [0.25, 0.3) is 0 Å². The van der Waals surface area contributed by atoms with E-state index in [4.69, 9.17) is 4.74 Å². The molecule has 17 heavy (non-hydrogen) atoms. The molecule has 0 aromatic rings. The van der Waals surface area contributed by atoms with Gasteiger partial charge in [-0.25, -0.2) is 0 Å².